The quantitative estimate of drug-likeness (QED) is 0.324. The van der Waals surface area contributed by atoms with Gasteiger partial charge in [-0.1, -0.05) is 18.2 Å². The van der Waals surface area contributed by atoms with Crippen molar-refractivity contribution in [2.45, 2.75) is 0 Å². The lowest BCUT2D eigenvalue weighted by Crippen LogP contribution is -2.44. The molecule has 5 rings (SSSR count). The van der Waals surface area contributed by atoms with Gasteiger partial charge in [-0.15, -0.1) is 11.3 Å². The van der Waals surface area contributed by atoms with E-state index in [1.165, 1.54) is 5.69 Å². The Hall–Kier alpha value is -3.69. The maximum Gasteiger partial charge on any atom is 0.251 e. The Morgan fingerprint density at radius 3 is 2.49 bits per heavy atom. The third-order valence-corrected chi connectivity index (χ3v) is 6.94. The van der Waals surface area contributed by atoms with E-state index in [1.54, 1.807) is 23.5 Å². The van der Waals surface area contributed by atoms with Gasteiger partial charge in [0.05, 0.1) is 10.2 Å². The fourth-order valence-corrected chi connectivity index (χ4v) is 4.83. The number of nitrogens with zero attached hydrogens (tertiary/aromatic N) is 4. The number of piperazine rings is 1. The maximum atomic E-state index is 12.2. The number of hydrogen-bond donors (Lipinski definition) is 3. The minimum absolute atomic E-state index is 0.0845. The molecule has 2 aromatic heterocycles. The van der Waals surface area contributed by atoms with Crippen molar-refractivity contribution in [1.29, 1.82) is 0 Å². The molecule has 4 aromatic rings. The Balaban J connectivity index is 1.21. The Bertz CT molecular complexity index is 1270. The number of thiophene rings is 1. The summed E-state index contributed by atoms with van der Waals surface area (Å²) >= 11 is 1.60. The Labute approximate surface area is 209 Å². The number of hydrogen-bond acceptors (Lipinski definition) is 8. The van der Waals surface area contributed by atoms with E-state index < -0.39 is 0 Å². The molecular weight excluding hydrogens is 458 g/mol. The lowest BCUT2D eigenvalue weighted by molar-refractivity contribution is 0.0955. The molecule has 0 radical (unpaired) electrons. The number of benzene rings is 2. The van der Waals surface area contributed by atoms with Gasteiger partial charge in [0.2, 0.25) is 5.95 Å². The zero-order valence-electron chi connectivity index (χ0n) is 19.7. The molecule has 0 unspecified atom stereocenters. The third-order valence-electron chi connectivity index (χ3n) is 6.03. The van der Waals surface area contributed by atoms with Crippen molar-refractivity contribution in [2.75, 3.05) is 61.8 Å². The van der Waals surface area contributed by atoms with E-state index in [0.717, 1.165) is 47.9 Å². The summed E-state index contributed by atoms with van der Waals surface area (Å²) in [6.07, 6.45) is 0. The van der Waals surface area contributed by atoms with Crippen LogP contribution in [0.25, 0.3) is 10.2 Å². The van der Waals surface area contributed by atoms with Gasteiger partial charge >= 0.3 is 0 Å². The molecule has 1 aliphatic rings. The van der Waals surface area contributed by atoms with E-state index in [0.29, 0.717) is 24.6 Å². The van der Waals surface area contributed by atoms with Crippen LogP contribution in [0.3, 0.4) is 0 Å². The van der Waals surface area contributed by atoms with Crippen LogP contribution in [0.15, 0.2) is 66.0 Å². The van der Waals surface area contributed by atoms with Crippen LogP contribution in [0, 0.1) is 0 Å². The highest BCUT2D eigenvalue weighted by molar-refractivity contribution is 7.17. The van der Waals surface area contributed by atoms with Crippen molar-refractivity contribution in [3.05, 3.63) is 71.6 Å². The van der Waals surface area contributed by atoms with Crippen LogP contribution in [0.5, 0.6) is 0 Å². The first-order chi connectivity index (χ1) is 17.2. The maximum absolute atomic E-state index is 12.2. The lowest BCUT2D eigenvalue weighted by Gasteiger charge is -2.34. The van der Waals surface area contributed by atoms with Crippen molar-refractivity contribution >= 4 is 50.6 Å². The highest BCUT2D eigenvalue weighted by Crippen LogP contribution is 2.28. The standard InChI is InChI=1S/C26H29N7OS/c1-32-14-16-33(17-15-32)21-9-7-20(8-10-21)29-26-30-22-11-18-35-23(22)24(31-26)27-12-13-28-25(34)19-5-3-2-4-6-19/h2-11,18H,12-17H2,1H3,(H,28,34)(H2,27,29,30,31). The number of carbonyl (C=O) groups excluding carboxylic acids is 1. The summed E-state index contributed by atoms with van der Waals surface area (Å²) in [7, 11) is 2.17. The van der Waals surface area contributed by atoms with Gasteiger partial charge in [-0.05, 0) is 54.9 Å². The van der Waals surface area contributed by atoms with E-state index in [4.69, 9.17) is 4.98 Å². The summed E-state index contributed by atoms with van der Waals surface area (Å²) in [6, 6.07) is 19.6. The van der Waals surface area contributed by atoms with E-state index in [1.807, 2.05) is 29.6 Å². The third kappa shape index (κ3) is 5.70. The van der Waals surface area contributed by atoms with Gasteiger partial charge in [-0.2, -0.15) is 4.98 Å². The number of rotatable bonds is 8. The van der Waals surface area contributed by atoms with Gasteiger partial charge in [0.15, 0.2) is 0 Å². The summed E-state index contributed by atoms with van der Waals surface area (Å²) < 4.78 is 0.996. The molecule has 0 saturated carbocycles. The molecule has 3 N–H and O–H groups in total. The zero-order chi connectivity index (χ0) is 24.0. The fourth-order valence-electron chi connectivity index (χ4n) is 4.04. The highest BCUT2D eigenvalue weighted by atomic mass is 32.1. The van der Waals surface area contributed by atoms with E-state index in [-0.39, 0.29) is 5.91 Å². The minimum atomic E-state index is -0.0845. The number of anilines is 4. The average Bonchev–Trinajstić information content (AvgIpc) is 3.37. The number of fused-ring (bicyclic) bond motifs is 1. The number of nitrogens with one attached hydrogen (secondary N) is 3. The number of aromatic nitrogens is 2. The van der Waals surface area contributed by atoms with Crippen LogP contribution in [0.1, 0.15) is 10.4 Å². The van der Waals surface area contributed by atoms with Crippen molar-refractivity contribution in [2.24, 2.45) is 0 Å². The Morgan fingerprint density at radius 2 is 1.71 bits per heavy atom. The van der Waals surface area contributed by atoms with Crippen LogP contribution in [0.4, 0.5) is 23.1 Å². The number of carbonyl (C=O) groups is 1. The normalized spacial score (nSPS) is 14.1. The highest BCUT2D eigenvalue weighted by Gasteiger charge is 2.14. The van der Waals surface area contributed by atoms with Crippen LogP contribution in [0.2, 0.25) is 0 Å². The number of amides is 1. The van der Waals surface area contributed by atoms with Crippen LogP contribution < -0.4 is 20.9 Å². The van der Waals surface area contributed by atoms with Gasteiger partial charge < -0.3 is 25.8 Å². The molecule has 1 amide bonds. The molecule has 0 bridgehead atoms. The SMILES string of the molecule is CN1CCN(c2ccc(Nc3nc(NCCNC(=O)c4ccccc4)c4sccc4n3)cc2)CC1. The molecule has 8 nitrogen and oxygen atoms in total. The second kappa shape index (κ2) is 10.7. The summed E-state index contributed by atoms with van der Waals surface area (Å²) in [5.74, 6) is 1.22. The summed E-state index contributed by atoms with van der Waals surface area (Å²) in [5, 5.41) is 11.6. The van der Waals surface area contributed by atoms with E-state index in [2.05, 4.69) is 62.0 Å². The van der Waals surface area contributed by atoms with Gasteiger partial charge in [0, 0.05) is 56.2 Å². The molecule has 1 aliphatic heterocycles. The van der Waals surface area contributed by atoms with E-state index in [9.17, 15) is 4.79 Å². The molecule has 2 aromatic carbocycles. The topological polar surface area (TPSA) is 85.4 Å². The number of likely N-dealkylation sites (N-methyl/N-ethyl adjacent to an activating group) is 1. The van der Waals surface area contributed by atoms with Crippen molar-refractivity contribution in [3.8, 4) is 0 Å². The molecule has 1 saturated heterocycles. The zero-order valence-corrected chi connectivity index (χ0v) is 20.5. The molecule has 9 heteroatoms. The summed E-state index contributed by atoms with van der Waals surface area (Å²) in [6.45, 7) is 5.30. The Kier molecular flexibility index (Phi) is 7.06. The van der Waals surface area contributed by atoms with E-state index >= 15 is 0 Å². The molecular formula is C26H29N7OS. The molecule has 1 fully saturated rings. The minimum Gasteiger partial charge on any atom is -0.369 e. The molecule has 0 spiro atoms. The van der Waals surface area contributed by atoms with Gasteiger partial charge in [-0.3, -0.25) is 4.79 Å². The summed E-state index contributed by atoms with van der Waals surface area (Å²) in [4.78, 5) is 26.4. The van der Waals surface area contributed by atoms with Crippen LogP contribution in [-0.2, 0) is 0 Å². The smallest absolute Gasteiger partial charge is 0.251 e. The molecule has 0 aliphatic carbocycles. The van der Waals surface area contributed by atoms with Gasteiger partial charge in [0.1, 0.15) is 5.82 Å². The van der Waals surface area contributed by atoms with Crippen LogP contribution in [-0.4, -0.2) is 67.1 Å². The predicted octanol–water partition coefficient (Wildman–Crippen LogP) is 4.03. The van der Waals surface area contributed by atoms with Crippen molar-refractivity contribution < 1.29 is 4.79 Å². The lowest BCUT2D eigenvalue weighted by atomic mass is 10.2. The molecule has 180 valence electrons. The largest absolute Gasteiger partial charge is 0.369 e. The van der Waals surface area contributed by atoms with Crippen LogP contribution >= 0.6 is 11.3 Å². The predicted molar refractivity (Wildman–Crippen MR) is 144 cm³/mol. The first-order valence-electron chi connectivity index (χ1n) is 11.8. The molecule has 35 heavy (non-hydrogen) atoms. The fraction of sp³-hybridized carbons (Fsp3) is 0.269. The van der Waals surface area contributed by atoms with Gasteiger partial charge in [-0.25, -0.2) is 4.98 Å². The monoisotopic (exact) mass is 487 g/mol. The second-order valence-electron chi connectivity index (χ2n) is 8.54. The van der Waals surface area contributed by atoms with Crippen molar-refractivity contribution in [1.82, 2.24) is 20.2 Å². The average molecular weight is 488 g/mol. The molecule has 0 atom stereocenters. The first kappa shape index (κ1) is 23.1. The Morgan fingerprint density at radius 1 is 0.943 bits per heavy atom. The van der Waals surface area contributed by atoms with Gasteiger partial charge in [0.25, 0.3) is 5.91 Å². The second-order valence-corrected chi connectivity index (χ2v) is 9.46. The molecule has 3 heterocycles. The van der Waals surface area contributed by atoms with Crippen molar-refractivity contribution in [3.63, 3.8) is 0 Å². The summed E-state index contributed by atoms with van der Waals surface area (Å²) in [5.41, 5.74) is 3.72. The first-order valence-corrected chi connectivity index (χ1v) is 12.7.